The Kier molecular flexibility index (Phi) is 4.22. The summed E-state index contributed by atoms with van der Waals surface area (Å²) in [6.45, 7) is 2.03. The molecule has 0 spiro atoms. The fraction of sp³-hybridized carbons (Fsp3) is 0.357. The van der Waals surface area contributed by atoms with Crippen LogP contribution < -0.4 is 5.73 Å². The number of hydrogen-bond donors (Lipinski definition) is 1. The van der Waals surface area contributed by atoms with Crippen molar-refractivity contribution in [2.45, 2.75) is 25.8 Å². The average molecular weight is 282 g/mol. The molecule has 0 saturated heterocycles. The number of benzene rings is 1. The van der Waals surface area contributed by atoms with Crippen molar-refractivity contribution < 1.29 is 4.39 Å². The molecule has 102 valence electrons. The molecule has 1 aromatic carbocycles. The number of aromatic nitrogens is 2. The van der Waals surface area contributed by atoms with Crippen molar-refractivity contribution >= 4 is 11.6 Å². The van der Waals surface area contributed by atoms with Crippen molar-refractivity contribution in [2.75, 3.05) is 0 Å². The summed E-state index contributed by atoms with van der Waals surface area (Å²) >= 11 is 6.02. The van der Waals surface area contributed by atoms with Crippen LogP contribution in [0.5, 0.6) is 0 Å². The molecule has 2 N–H and O–H groups in total. The van der Waals surface area contributed by atoms with Gasteiger partial charge in [0.1, 0.15) is 5.82 Å². The first kappa shape index (κ1) is 14.0. The van der Waals surface area contributed by atoms with Crippen LogP contribution in [0.15, 0.2) is 24.3 Å². The van der Waals surface area contributed by atoms with Crippen molar-refractivity contribution in [2.24, 2.45) is 12.8 Å². The minimum absolute atomic E-state index is 0.319. The second-order valence-corrected chi connectivity index (χ2v) is 4.96. The van der Waals surface area contributed by atoms with E-state index in [-0.39, 0.29) is 11.9 Å². The van der Waals surface area contributed by atoms with Crippen LogP contribution in [0.2, 0.25) is 5.02 Å². The van der Waals surface area contributed by atoms with E-state index in [9.17, 15) is 4.39 Å². The molecule has 3 nitrogen and oxygen atoms in total. The van der Waals surface area contributed by atoms with Crippen LogP contribution in [0.1, 0.15) is 29.9 Å². The van der Waals surface area contributed by atoms with Gasteiger partial charge in [0.25, 0.3) is 0 Å². The van der Waals surface area contributed by atoms with Crippen molar-refractivity contribution in [1.82, 2.24) is 9.78 Å². The molecule has 2 aromatic rings. The lowest BCUT2D eigenvalue weighted by atomic mass is 10.0. The first-order valence-corrected chi connectivity index (χ1v) is 6.62. The summed E-state index contributed by atoms with van der Waals surface area (Å²) in [6.07, 6.45) is 1.20. The molecular formula is C14H17ClFN3. The summed E-state index contributed by atoms with van der Waals surface area (Å²) in [6, 6.07) is 6.29. The Morgan fingerprint density at radius 3 is 2.79 bits per heavy atom. The van der Waals surface area contributed by atoms with E-state index in [1.807, 2.05) is 20.0 Å². The van der Waals surface area contributed by atoms with Crippen LogP contribution in [0.3, 0.4) is 0 Å². The quantitative estimate of drug-likeness (QED) is 0.936. The Morgan fingerprint density at radius 2 is 2.21 bits per heavy atom. The van der Waals surface area contributed by atoms with Gasteiger partial charge in [-0.15, -0.1) is 0 Å². The van der Waals surface area contributed by atoms with Gasteiger partial charge in [-0.1, -0.05) is 24.6 Å². The highest BCUT2D eigenvalue weighted by atomic mass is 35.5. The van der Waals surface area contributed by atoms with Crippen molar-refractivity contribution in [3.63, 3.8) is 0 Å². The van der Waals surface area contributed by atoms with Gasteiger partial charge in [0.2, 0.25) is 0 Å². The molecule has 1 heterocycles. The summed E-state index contributed by atoms with van der Waals surface area (Å²) in [4.78, 5) is 0. The Hall–Kier alpha value is -1.39. The van der Waals surface area contributed by atoms with Gasteiger partial charge in [0.15, 0.2) is 0 Å². The molecule has 1 unspecified atom stereocenters. The highest BCUT2D eigenvalue weighted by molar-refractivity contribution is 6.31. The Balaban J connectivity index is 2.25. The summed E-state index contributed by atoms with van der Waals surface area (Å²) < 4.78 is 15.5. The zero-order chi connectivity index (χ0) is 14.0. The minimum Gasteiger partial charge on any atom is -0.322 e. The van der Waals surface area contributed by atoms with E-state index in [1.165, 1.54) is 6.07 Å². The molecule has 0 aliphatic rings. The lowest BCUT2D eigenvalue weighted by Crippen LogP contribution is -2.18. The van der Waals surface area contributed by atoms with E-state index in [1.54, 1.807) is 16.8 Å². The SMILES string of the molecule is CCc1cc(C(N)Cc2c(F)cccc2Cl)n(C)n1. The Bertz CT molecular complexity index is 560. The third-order valence-electron chi connectivity index (χ3n) is 3.19. The topological polar surface area (TPSA) is 43.8 Å². The largest absolute Gasteiger partial charge is 0.322 e. The zero-order valence-corrected chi connectivity index (χ0v) is 11.8. The minimum atomic E-state index is -0.327. The molecule has 0 fully saturated rings. The van der Waals surface area contributed by atoms with Gasteiger partial charge in [0.05, 0.1) is 17.4 Å². The zero-order valence-electron chi connectivity index (χ0n) is 11.0. The first-order valence-electron chi connectivity index (χ1n) is 6.24. The van der Waals surface area contributed by atoms with E-state index < -0.39 is 0 Å². The van der Waals surface area contributed by atoms with Crippen LogP contribution in [-0.2, 0) is 19.9 Å². The molecule has 5 heteroatoms. The molecule has 0 aliphatic heterocycles. The molecule has 0 bridgehead atoms. The highest BCUT2D eigenvalue weighted by Crippen LogP contribution is 2.24. The molecule has 0 radical (unpaired) electrons. The van der Waals surface area contributed by atoms with Gasteiger partial charge in [-0.25, -0.2) is 4.39 Å². The lowest BCUT2D eigenvalue weighted by Gasteiger charge is -2.13. The summed E-state index contributed by atoms with van der Waals surface area (Å²) in [5, 5.41) is 4.76. The predicted molar refractivity (Wildman–Crippen MR) is 74.6 cm³/mol. The van der Waals surface area contributed by atoms with Gasteiger partial charge in [-0.05, 0) is 31.0 Å². The molecule has 0 amide bonds. The van der Waals surface area contributed by atoms with Gasteiger partial charge >= 0.3 is 0 Å². The highest BCUT2D eigenvalue weighted by Gasteiger charge is 2.16. The van der Waals surface area contributed by atoms with E-state index in [4.69, 9.17) is 17.3 Å². The molecule has 19 heavy (non-hydrogen) atoms. The van der Waals surface area contributed by atoms with Crippen LogP contribution in [0.25, 0.3) is 0 Å². The lowest BCUT2D eigenvalue weighted by molar-refractivity contribution is 0.573. The van der Waals surface area contributed by atoms with Crippen molar-refractivity contribution in [3.05, 3.63) is 52.1 Å². The second-order valence-electron chi connectivity index (χ2n) is 4.55. The third kappa shape index (κ3) is 2.96. The van der Waals surface area contributed by atoms with E-state index >= 15 is 0 Å². The third-order valence-corrected chi connectivity index (χ3v) is 3.55. The van der Waals surface area contributed by atoms with Crippen molar-refractivity contribution in [1.29, 1.82) is 0 Å². The van der Waals surface area contributed by atoms with Gasteiger partial charge < -0.3 is 5.73 Å². The van der Waals surface area contributed by atoms with E-state index in [2.05, 4.69) is 5.10 Å². The number of hydrogen-bond acceptors (Lipinski definition) is 2. The van der Waals surface area contributed by atoms with Gasteiger partial charge in [0, 0.05) is 17.6 Å². The van der Waals surface area contributed by atoms with Crippen LogP contribution in [-0.4, -0.2) is 9.78 Å². The monoisotopic (exact) mass is 281 g/mol. The fourth-order valence-electron chi connectivity index (χ4n) is 2.12. The fourth-order valence-corrected chi connectivity index (χ4v) is 2.36. The maximum Gasteiger partial charge on any atom is 0.127 e. The maximum absolute atomic E-state index is 13.7. The number of rotatable bonds is 4. The average Bonchev–Trinajstić information content (AvgIpc) is 2.75. The first-order chi connectivity index (χ1) is 9.02. The number of aryl methyl sites for hydroxylation is 2. The normalized spacial score (nSPS) is 12.7. The molecule has 0 aliphatic carbocycles. The van der Waals surface area contributed by atoms with Gasteiger partial charge in [-0.3, -0.25) is 4.68 Å². The van der Waals surface area contributed by atoms with E-state index in [0.717, 1.165) is 17.8 Å². The maximum atomic E-state index is 13.7. The van der Waals surface area contributed by atoms with Gasteiger partial charge in [-0.2, -0.15) is 5.10 Å². The molecular weight excluding hydrogens is 265 g/mol. The number of halogens is 2. The molecule has 1 aromatic heterocycles. The molecule has 1 atom stereocenters. The second kappa shape index (κ2) is 5.72. The number of nitrogens with two attached hydrogens (primary N) is 1. The summed E-state index contributed by atoms with van der Waals surface area (Å²) in [5.74, 6) is -0.319. The standard InChI is InChI=1S/C14H17ClFN3/c1-3-9-7-14(19(2)18-9)13(17)8-10-11(15)5-4-6-12(10)16/h4-7,13H,3,8,17H2,1-2H3. The van der Waals surface area contributed by atoms with Crippen molar-refractivity contribution in [3.8, 4) is 0 Å². The van der Waals surface area contributed by atoms with Crippen LogP contribution >= 0.6 is 11.6 Å². The summed E-state index contributed by atoms with van der Waals surface area (Å²) in [5.41, 5.74) is 8.47. The Morgan fingerprint density at radius 1 is 1.47 bits per heavy atom. The molecule has 2 rings (SSSR count). The smallest absolute Gasteiger partial charge is 0.127 e. The summed E-state index contributed by atoms with van der Waals surface area (Å²) in [7, 11) is 1.84. The Labute approximate surface area is 117 Å². The van der Waals surface area contributed by atoms with Crippen LogP contribution in [0.4, 0.5) is 4.39 Å². The van der Waals surface area contributed by atoms with E-state index in [0.29, 0.717) is 17.0 Å². The predicted octanol–water partition coefficient (Wildman–Crippen LogP) is 3.02. The number of nitrogens with zero attached hydrogens (tertiary/aromatic N) is 2. The molecule has 0 saturated carbocycles. The van der Waals surface area contributed by atoms with Crippen LogP contribution in [0, 0.1) is 5.82 Å².